The summed E-state index contributed by atoms with van der Waals surface area (Å²) in [5, 5.41) is 2.83. The zero-order valence-corrected chi connectivity index (χ0v) is 14.3. The van der Waals surface area contributed by atoms with Gasteiger partial charge in [0.25, 0.3) is 0 Å². The molecule has 0 aliphatic heterocycles. The molecule has 5 heteroatoms. The lowest BCUT2D eigenvalue weighted by Crippen LogP contribution is -2.35. The van der Waals surface area contributed by atoms with E-state index in [0.29, 0.717) is 38.4 Å². The Morgan fingerprint density at radius 1 is 1.17 bits per heavy atom. The van der Waals surface area contributed by atoms with E-state index in [-0.39, 0.29) is 17.6 Å². The van der Waals surface area contributed by atoms with E-state index in [2.05, 4.69) is 19.2 Å². The summed E-state index contributed by atoms with van der Waals surface area (Å²) < 4.78 is 12.8. The Bertz CT molecular complexity index is 500. The molecule has 0 aromatic heterocycles. The standard InChI is InChI=1S/C18H27FN2O2/c1-14(2)9-12-21(15(3)22)13-10-18(23)20-11-8-16-4-6-17(19)7-5-16/h4-7,14H,8-13H2,1-3H3,(H,20,23). The minimum atomic E-state index is -0.261. The molecule has 0 heterocycles. The van der Waals surface area contributed by atoms with Crippen LogP contribution in [-0.2, 0) is 16.0 Å². The van der Waals surface area contributed by atoms with Crippen LogP contribution < -0.4 is 5.32 Å². The summed E-state index contributed by atoms with van der Waals surface area (Å²) in [4.78, 5) is 25.1. The molecule has 0 radical (unpaired) electrons. The molecule has 1 N–H and O–H groups in total. The van der Waals surface area contributed by atoms with E-state index in [1.165, 1.54) is 19.1 Å². The summed E-state index contributed by atoms with van der Waals surface area (Å²) >= 11 is 0. The number of nitrogens with zero attached hydrogens (tertiary/aromatic N) is 1. The van der Waals surface area contributed by atoms with Gasteiger partial charge in [0, 0.05) is 33.0 Å². The number of halogens is 1. The lowest BCUT2D eigenvalue weighted by molar-refractivity contribution is -0.129. The minimum absolute atomic E-state index is 0.00441. The minimum Gasteiger partial charge on any atom is -0.356 e. The highest BCUT2D eigenvalue weighted by Gasteiger charge is 2.11. The van der Waals surface area contributed by atoms with Gasteiger partial charge in [0.15, 0.2) is 0 Å². The molecular formula is C18H27FN2O2. The maximum absolute atomic E-state index is 12.8. The molecule has 0 spiro atoms. The van der Waals surface area contributed by atoms with Gasteiger partial charge in [-0.05, 0) is 36.5 Å². The Morgan fingerprint density at radius 3 is 2.39 bits per heavy atom. The number of hydrogen-bond acceptors (Lipinski definition) is 2. The zero-order valence-electron chi connectivity index (χ0n) is 14.3. The van der Waals surface area contributed by atoms with Crippen LogP contribution in [0.25, 0.3) is 0 Å². The highest BCUT2D eigenvalue weighted by Crippen LogP contribution is 2.04. The van der Waals surface area contributed by atoms with Crippen molar-refractivity contribution in [3.8, 4) is 0 Å². The molecule has 1 aromatic rings. The van der Waals surface area contributed by atoms with Crippen LogP contribution >= 0.6 is 0 Å². The second-order valence-corrected chi connectivity index (χ2v) is 6.17. The first-order valence-corrected chi connectivity index (χ1v) is 8.15. The molecule has 1 rings (SSSR count). The SMILES string of the molecule is CC(=O)N(CCC(=O)NCCc1ccc(F)cc1)CCC(C)C. The third-order valence-corrected chi connectivity index (χ3v) is 3.68. The summed E-state index contributed by atoms with van der Waals surface area (Å²) in [6.45, 7) is 7.41. The monoisotopic (exact) mass is 322 g/mol. The number of hydrogen-bond donors (Lipinski definition) is 1. The van der Waals surface area contributed by atoms with E-state index in [4.69, 9.17) is 0 Å². The second kappa shape index (κ2) is 9.98. The van der Waals surface area contributed by atoms with E-state index in [1.54, 1.807) is 17.0 Å². The fraction of sp³-hybridized carbons (Fsp3) is 0.556. The van der Waals surface area contributed by atoms with Crippen LogP contribution in [-0.4, -0.2) is 36.3 Å². The van der Waals surface area contributed by atoms with Crippen LogP contribution in [0.1, 0.15) is 39.2 Å². The third kappa shape index (κ3) is 8.33. The van der Waals surface area contributed by atoms with Crippen LogP contribution in [0.5, 0.6) is 0 Å². The number of amides is 2. The second-order valence-electron chi connectivity index (χ2n) is 6.17. The largest absolute Gasteiger partial charge is 0.356 e. The van der Waals surface area contributed by atoms with Crippen LogP contribution in [0.4, 0.5) is 4.39 Å². The van der Waals surface area contributed by atoms with Gasteiger partial charge in [0.1, 0.15) is 5.82 Å². The number of benzene rings is 1. The van der Waals surface area contributed by atoms with Crippen molar-refractivity contribution in [1.29, 1.82) is 0 Å². The predicted molar refractivity (Wildman–Crippen MR) is 89.4 cm³/mol. The van der Waals surface area contributed by atoms with Crippen molar-refractivity contribution in [2.45, 2.75) is 40.0 Å². The van der Waals surface area contributed by atoms with Crippen molar-refractivity contribution in [3.63, 3.8) is 0 Å². The van der Waals surface area contributed by atoms with Gasteiger partial charge < -0.3 is 10.2 Å². The highest BCUT2D eigenvalue weighted by molar-refractivity contribution is 5.78. The maximum Gasteiger partial charge on any atom is 0.221 e. The van der Waals surface area contributed by atoms with Crippen molar-refractivity contribution >= 4 is 11.8 Å². The average Bonchev–Trinajstić information content (AvgIpc) is 2.48. The Balaban J connectivity index is 2.26. The van der Waals surface area contributed by atoms with Gasteiger partial charge in [-0.3, -0.25) is 9.59 Å². The summed E-state index contributed by atoms with van der Waals surface area (Å²) in [6.07, 6.45) is 1.91. The van der Waals surface area contributed by atoms with E-state index in [1.807, 2.05) is 0 Å². The lowest BCUT2D eigenvalue weighted by atomic mass is 10.1. The molecule has 4 nitrogen and oxygen atoms in total. The summed E-state index contributed by atoms with van der Waals surface area (Å²) in [6, 6.07) is 6.25. The lowest BCUT2D eigenvalue weighted by Gasteiger charge is -2.21. The predicted octanol–water partition coefficient (Wildman–Crippen LogP) is 2.77. The topological polar surface area (TPSA) is 49.4 Å². The van der Waals surface area contributed by atoms with Gasteiger partial charge in [0.05, 0.1) is 0 Å². The first-order chi connectivity index (χ1) is 10.9. The van der Waals surface area contributed by atoms with E-state index < -0.39 is 0 Å². The number of carbonyl (C=O) groups excluding carboxylic acids is 2. The molecule has 1 aromatic carbocycles. The molecule has 0 aliphatic carbocycles. The third-order valence-electron chi connectivity index (χ3n) is 3.68. The summed E-state index contributed by atoms with van der Waals surface area (Å²) in [7, 11) is 0. The molecule has 128 valence electrons. The van der Waals surface area contributed by atoms with Gasteiger partial charge in [-0.1, -0.05) is 26.0 Å². The average molecular weight is 322 g/mol. The van der Waals surface area contributed by atoms with Crippen LogP contribution in [0.15, 0.2) is 24.3 Å². The van der Waals surface area contributed by atoms with Gasteiger partial charge >= 0.3 is 0 Å². The first kappa shape index (κ1) is 19.1. The number of nitrogens with one attached hydrogen (secondary N) is 1. The fourth-order valence-corrected chi connectivity index (χ4v) is 2.16. The van der Waals surface area contributed by atoms with E-state index in [0.717, 1.165) is 12.0 Å². The fourth-order valence-electron chi connectivity index (χ4n) is 2.16. The van der Waals surface area contributed by atoms with Crippen LogP contribution in [0.2, 0.25) is 0 Å². The zero-order chi connectivity index (χ0) is 17.2. The molecule has 0 unspecified atom stereocenters. The Kier molecular flexibility index (Phi) is 8.30. The smallest absolute Gasteiger partial charge is 0.221 e. The van der Waals surface area contributed by atoms with Gasteiger partial charge in [-0.15, -0.1) is 0 Å². The van der Waals surface area contributed by atoms with E-state index >= 15 is 0 Å². The molecule has 23 heavy (non-hydrogen) atoms. The van der Waals surface area contributed by atoms with Crippen molar-refractivity contribution in [2.75, 3.05) is 19.6 Å². The summed E-state index contributed by atoms with van der Waals surface area (Å²) in [5.74, 6) is 0.206. The van der Waals surface area contributed by atoms with Crippen molar-refractivity contribution in [1.82, 2.24) is 10.2 Å². The molecule has 0 saturated heterocycles. The van der Waals surface area contributed by atoms with Crippen molar-refractivity contribution in [3.05, 3.63) is 35.6 Å². The van der Waals surface area contributed by atoms with Gasteiger partial charge in [-0.25, -0.2) is 4.39 Å². The quantitative estimate of drug-likeness (QED) is 0.760. The molecule has 0 saturated carbocycles. The van der Waals surface area contributed by atoms with Crippen molar-refractivity contribution in [2.24, 2.45) is 5.92 Å². The molecular weight excluding hydrogens is 295 g/mol. The molecule has 2 amide bonds. The molecule has 0 aliphatic rings. The first-order valence-electron chi connectivity index (χ1n) is 8.15. The number of carbonyl (C=O) groups is 2. The molecule has 0 bridgehead atoms. The van der Waals surface area contributed by atoms with Crippen molar-refractivity contribution < 1.29 is 14.0 Å². The van der Waals surface area contributed by atoms with Crippen LogP contribution in [0.3, 0.4) is 0 Å². The van der Waals surface area contributed by atoms with E-state index in [9.17, 15) is 14.0 Å². The van der Waals surface area contributed by atoms with Crippen LogP contribution in [0, 0.1) is 11.7 Å². The Hall–Kier alpha value is -1.91. The maximum atomic E-state index is 12.8. The molecule has 0 atom stereocenters. The summed E-state index contributed by atoms with van der Waals surface area (Å²) in [5.41, 5.74) is 0.981. The van der Waals surface area contributed by atoms with Gasteiger partial charge in [-0.2, -0.15) is 0 Å². The Morgan fingerprint density at radius 2 is 1.83 bits per heavy atom. The normalized spacial score (nSPS) is 10.7. The number of rotatable bonds is 9. The van der Waals surface area contributed by atoms with Gasteiger partial charge in [0.2, 0.25) is 11.8 Å². The molecule has 0 fully saturated rings. The Labute approximate surface area is 138 Å². The highest BCUT2D eigenvalue weighted by atomic mass is 19.1.